The van der Waals surface area contributed by atoms with Crippen molar-refractivity contribution in [3.8, 4) is 0 Å². The molecule has 5 heteroatoms. The van der Waals surface area contributed by atoms with E-state index in [2.05, 4.69) is 5.32 Å². The Morgan fingerprint density at radius 3 is 2.32 bits per heavy atom. The lowest BCUT2D eigenvalue weighted by Gasteiger charge is -2.22. The Hall–Kier alpha value is -2.04. The average Bonchev–Trinajstić information content (AvgIpc) is 2.26. The van der Waals surface area contributed by atoms with Crippen LogP contribution in [-0.2, 0) is 16.0 Å². The first kappa shape index (κ1) is 15.0. The van der Waals surface area contributed by atoms with Crippen molar-refractivity contribution in [1.82, 2.24) is 5.32 Å². The maximum absolute atomic E-state index is 11.6. The minimum absolute atomic E-state index is 0.343. The van der Waals surface area contributed by atoms with E-state index in [1.165, 1.54) is 0 Å². The first-order valence-corrected chi connectivity index (χ1v) is 6.11. The van der Waals surface area contributed by atoms with Crippen LogP contribution >= 0.6 is 0 Å². The van der Waals surface area contributed by atoms with Gasteiger partial charge in [0.05, 0.1) is 0 Å². The highest BCUT2D eigenvalue weighted by molar-refractivity contribution is 5.84. The number of hydrogen-bond donors (Lipinski definition) is 2. The number of ether oxygens (including phenoxy) is 1. The van der Waals surface area contributed by atoms with Crippen molar-refractivity contribution in [2.45, 2.75) is 38.8 Å². The molecule has 1 atom stereocenters. The quantitative estimate of drug-likeness (QED) is 0.866. The molecule has 5 nitrogen and oxygen atoms in total. The van der Waals surface area contributed by atoms with Crippen LogP contribution in [0.15, 0.2) is 30.3 Å². The molecule has 0 bridgehead atoms. The highest BCUT2D eigenvalue weighted by Crippen LogP contribution is 2.08. The first-order valence-electron chi connectivity index (χ1n) is 6.11. The number of rotatable bonds is 4. The summed E-state index contributed by atoms with van der Waals surface area (Å²) in [6.45, 7) is 5.26. The standard InChI is InChI=1S/C14H20N2O3/c1-14(2,3)19-13(18)16-11(12(15)17)9-10-7-5-4-6-8-10/h4-8,11H,9H2,1-3H3,(H2,15,17)(H,16,18)/t11-/m1/s1. The summed E-state index contributed by atoms with van der Waals surface area (Å²) in [6.07, 6.45) is -0.303. The van der Waals surface area contributed by atoms with Crippen LogP contribution < -0.4 is 11.1 Å². The largest absolute Gasteiger partial charge is 0.444 e. The first-order chi connectivity index (χ1) is 8.78. The van der Waals surface area contributed by atoms with Crippen molar-refractivity contribution >= 4 is 12.0 Å². The van der Waals surface area contributed by atoms with Crippen LogP contribution in [0.4, 0.5) is 4.79 Å². The Kier molecular flexibility index (Phi) is 4.92. The molecule has 3 N–H and O–H groups in total. The number of hydrogen-bond acceptors (Lipinski definition) is 3. The van der Waals surface area contributed by atoms with Gasteiger partial charge in [-0.05, 0) is 26.3 Å². The molecule has 0 aliphatic heterocycles. The summed E-state index contributed by atoms with van der Waals surface area (Å²) < 4.78 is 5.10. The van der Waals surface area contributed by atoms with Crippen molar-refractivity contribution in [2.24, 2.45) is 5.73 Å². The van der Waals surface area contributed by atoms with Gasteiger partial charge in [-0.1, -0.05) is 30.3 Å². The summed E-state index contributed by atoms with van der Waals surface area (Å²) in [5.41, 5.74) is 5.59. The van der Waals surface area contributed by atoms with E-state index in [4.69, 9.17) is 10.5 Å². The van der Waals surface area contributed by atoms with Gasteiger partial charge in [-0.3, -0.25) is 4.79 Å². The fourth-order valence-electron chi connectivity index (χ4n) is 1.52. The smallest absolute Gasteiger partial charge is 0.408 e. The van der Waals surface area contributed by atoms with Crippen molar-refractivity contribution in [3.05, 3.63) is 35.9 Å². The zero-order chi connectivity index (χ0) is 14.5. The second kappa shape index (κ2) is 6.22. The summed E-state index contributed by atoms with van der Waals surface area (Å²) >= 11 is 0. The summed E-state index contributed by atoms with van der Waals surface area (Å²) in [5.74, 6) is -0.588. The molecule has 0 unspecified atom stereocenters. The lowest BCUT2D eigenvalue weighted by atomic mass is 10.1. The van der Waals surface area contributed by atoms with E-state index in [0.717, 1.165) is 5.56 Å². The molecule has 1 rings (SSSR count). The third-order valence-electron chi connectivity index (χ3n) is 2.32. The number of carbonyl (C=O) groups is 2. The Bertz CT molecular complexity index is 438. The third kappa shape index (κ3) is 5.90. The molecule has 0 heterocycles. The van der Waals surface area contributed by atoms with E-state index < -0.39 is 23.6 Å². The van der Waals surface area contributed by atoms with Crippen molar-refractivity contribution in [1.29, 1.82) is 0 Å². The van der Waals surface area contributed by atoms with Gasteiger partial charge in [-0.15, -0.1) is 0 Å². The summed E-state index contributed by atoms with van der Waals surface area (Å²) in [7, 11) is 0. The van der Waals surface area contributed by atoms with E-state index in [9.17, 15) is 9.59 Å². The number of primary amides is 1. The molecule has 0 aliphatic carbocycles. The summed E-state index contributed by atoms with van der Waals surface area (Å²) in [6, 6.07) is 8.56. The Morgan fingerprint density at radius 2 is 1.84 bits per heavy atom. The second-order valence-corrected chi connectivity index (χ2v) is 5.29. The average molecular weight is 264 g/mol. The van der Waals surface area contributed by atoms with Gasteiger partial charge in [0.1, 0.15) is 11.6 Å². The highest BCUT2D eigenvalue weighted by atomic mass is 16.6. The van der Waals surface area contributed by atoms with Crippen LogP contribution in [0.2, 0.25) is 0 Å². The van der Waals surface area contributed by atoms with E-state index in [0.29, 0.717) is 6.42 Å². The molecule has 0 aliphatic rings. The van der Waals surface area contributed by atoms with E-state index >= 15 is 0 Å². The van der Waals surface area contributed by atoms with Gasteiger partial charge in [-0.2, -0.15) is 0 Å². The zero-order valence-corrected chi connectivity index (χ0v) is 11.5. The molecule has 1 aromatic rings. The number of amides is 2. The molecular formula is C14H20N2O3. The molecule has 2 amide bonds. The van der Waals surface area contributed by atoms with Crippen LogP contribution in [0.3, 0.4) is 0 Å². The molecule has 0 spiro atoms. The predicted octanol–water partition coefficient (Wildman–Crippen LogP) is 1.61. The molecule has 0 fully saturated rings. The molecule has 1 aromatic carbocycles. The number of nitrogens with one attached hydrogen (secondary N) is 1. The zero-order valence-electron chi connectivity index (χ0n) is 11.5. The van der Waals surface area contributed by atoms with Crippen molar-refractivity contribution in [3.63, 3.8) is 0 Å². The topological polar surface area (TPSA) is 81.4 Å². The Balaban J connectivity index is 2.64. The minimum atomic E-state index is -0.780. The number of nitrogens with two attached hydrogens (primary N) is 1. The molecule has 104 valence electrons. The number of alkyl carbamates (subject to hydrolysis) is 1. The lowest BCUT2D eigenvalue weighted by Crippen LogP contribution is -2.47. The molecule has 0 radical (unpaired) electrons. The highest BCUT2D eigenvalue weighted by Gasteiger charge is 2.22. The SMILES string of the molecule is CC(C)(C)OC(=O)N[C@H](Cc1ccccc1)C(N)=O. The van der Waals surface area contributed by atoms with Crippen LogP contribution in [0.1, 0.15) is 26.3 Å². The summed E-state index contributed by atoms with van der Waals surface area (Å²) in [4.78, 5) is 23.0. The van der Waals surface area contributed by atoms with Crippen molar-refractivity contribution in [2.75, 3.05) is 0 Å². The molecular weight excluding hydrogens is 244 g/mol. The Labute approximate surface area is 113 Å². The van der Waals surface area contributed by atoms with Gasteiger partial charge in [-0.25, -0.2) is 4.79 Å². The van der Waals surface area contributed by atoms with Gasteiger partial charge < -0.3 is 15.8 Å². The van der Waals surface area contributed by atoms with Gasteiger partial charge in [0.15, 0.2) is 0 Å². The van der Waals surface area contributed by atoms with Crippen LogP contribution in [0.5, 0.6) is 0 Å². The van der Waals surface area contributed by atoms with Crippen LogP contribution in [-0.4, -0.2) is 23.6 Å². The van der Waals surface area contributed by atoms with E-state index in [-0.39, 0.29) is 0 Å². The Morgan fingerprint density at radius 1 is 1.26 bits per heavy atom. The molecule has 0 aromatic heterocycles. The number of benzene rings is 1. The molecule has 0 saturated carbocycles. The van der Waals surface area contributed by atoms with Gasteiger partial charge in [0.2, 0.25) is 5.91 Å². The third-order valence-corrected chi connectivity index (χ3v) is 2.32. The van der Waals surface area contributed by atoms with Crippen molar-refractivity contribution < 1.29 is 14.3 Å². The molecule has 0 saturated heterocycles. The normalized spacial score (nSPS) is 12.6. The van der Waals surface area contributed by atoms with Crippen LogP contribution in [0, 0.1) is 0 Å². The van der Waals surface area contributed by atoms with Gasteiger partial charge >= 0.3 is 6.09 Å². The molecule has 19 heavy (non-hydrogen) atoms. The van der Waals surface area contributed by atoms with Crippen LogP contribution in [0.25, 0.3) is 0 Å². The predicted molar refractivity (Wildman–Crippen MR) is 72.5 cm³/mol. The lowest BCUT2D eigenvalue weighted by molar-refractivity contribution is -0.120. The summed E-state index contributed by atoms with van der Waals surface area (Å²) in [5, 5.41) is 2.49. The fraction of sp³-hybridized carbons (Fsp3) is 0.429. The fourth-order valence-corrected chi connectivity index (χ4v) is 1.52. The number of carbonyl (C=O) groups excluding carboxylic acids is 2. The van der Waals surface area contributed by atoms with Gasteiger partial charge in [0.25, 0.3) is 0 Å². The maximum Gasteiger partial charge on any atom is 0.408 e. The maximum atomic E-state index is 11.6. The second-order valence-electron chi connectivity index (χ2n) is 5.29. The van der Waals surface area contributed by atoms with E-state index in [1.807, 2.05) is 30.3 Å². The monoisotopic (exact) mass is 264 g/mol. The minimum Gasteiger partial charge on any atom is -0.444 e. The van der Waals surface area contributed by atoms with E-state index in [1.54, 1.807) is 20.8 Å². The van der Waals surface area contributed by atoms with Gasteiger partial charge in [0, 0.05) is 6.42 Å².